The summed E-state index contributed by atoms with van der Waals surface area (Å²) in [6.07, 6.45) is 6.17. The van der Waals surface area contributed by atoms with Crippen molar-refractivity contribution in [1.29, 1.82) is 0 Å². The molecular weight excluding hydrogens is 348 g/mol. The Morgan fingerprint density at radius 1 is 1.17 bits per heavy atom. The Hall–Kier alpha value is -1.87. The van der Waals surface area contributed by atoms with E-state index < -0.39 is 0 Å². The molecule has 0 saturated heterocycles. The van der Waals surface area contributed by atoms with E-state index in [2.05, 4.69) is 95.7 Å². The van der Waals surface area contributed by atoms with Crippen LogP contribution in [0.1, 0.15) is 43.5 Å². The molecule has 0 atom stereocenters. The first-order valence-corrected chi connectivity index (χ1v) is 8.71. The maximum absolute atomic E-state index is 4.63. The Bertz CT molecular complexity index is 888. The van der Waals surface area contributed by atoms with Crippen LogP contribution in [-0.4, -0.2) is 9.55 Å². The molecule has 0 aliphatic carbocycles. The molecular formula is C20H21BrN2. The first kappa shape index (κ1) is 16.0. The van der Waals surface area contributed by atoms with E-state index in [-0.39, 0.29) is 0 Å². The fourth-order valence-corrected chi connectivity index (χ4v) is 3.35. The van der Waals surface area contributed by atoms with Crippen LogP contribution < -0.4 is 0 Å². The van der Waals surface area contributed by atoms with Gasteiger partial charge in [0.1, 0.15) is 5.82 Å². The molecule has 0 saturated carbocycles. The van der Waals surface area contributed by atoms with Crippen LogP contribution in [0.25, 0.3) is 22.8 Å². The second-order valence-corrected chi connectivity index (χ2v) is 7.01. The first-order chi connectivity index (χ1) is 11.0. The number of fused-ring (bicyclic) bond motifs is 1. The van der Waals surface area contributed by atoms with E-state index >= 15 is 0 Å². The fourth-order valence-electron chi connectivity index (χ4n) is 3.00. The molecule has 0 fully saturated rings. The predicted molar refractivity (Wildman–Crippen MR) is 102 cm³/mol. The molecule has 3 rings (SSSR count). The van der Waals surface area contributed by atoms with Gasteiger partial charge >= 0.3 is 0 Å². The lowest BCUT2D eigenvalue weighted by molar-refractivity contribution is 0.854. The summed E-state index contributed by atoms with van der Waals surface area (Å²) in [6, 6.07) is 10.7. The van der Waals surface area contributed by atoms with E-state index in [1.54, 1.807) is 0 Å². The molecule has 3 aromatic rings. The van der Waals surface area contributed by atoms with Gasteiger partial charge in [-0.3, -0.25) is 4.57 Å². The molecule has 118 valence electrons. The van der Waals surface area contributed by atoms with Gasteiger partial charge in [0.25, 0.3) is 0 Å². The highest BCUT2D eigenvalue weighted by atomic mass is 79.9. The largest absolute Gasteiger partial charge is 0.298 e. The third-order valence-corrected chi connectivity index (χ3v) is 4.71. The summed E-state index contributed by atoms with van der Waals surface area (Å²) >= 11 is 3.60. The second-order valence-electron chi connectivity index (χ2n) is 6.10. The van der Waals surface area contributed by atoms with E-state index in [0.717, 1.165) is 10.3 Å². The molecule has 0 spiro atoms. The molecule has 2 heterocycles. The van der Waals surface area contributed by atoms with Crippen molar-refractivity contribution in [2.75, 3.05) is 0 Å². The SMILES string of the molecule is C/C=C\c1c(C)n(-c2cc(C(C)C)ccn2)c2cc(Br)ccc12. The van der Waals surface area contributed by atoms with Gasteiger partial charge in [-0.2, -0.15) is 0 Å². The van der Waals surface area contributed by atoms with Gasteiger partial charge < -0.3 is 0 Å². The average molecular weight is 369 g/mol. The standard InChI is InChI=1S/C20H21BrN2/c1-5-6-17-14(4)23(19-12-16(21)7-8-18(17)19)20-11-15(13(2)3)9-10-22-20/h5-13H,1-4H3/b6-5-. The van der Waals surface area contributed by atoms with Gasteiger partial charge in [0.15, 0.2) is 0 Å². The molecule has 0 radical (unpaired) electrons. The average Bonchev–Trinajstić information content (AvgIpc) is 2.79. The zero-order valence-electron chi connectivity index (χ0n) is 14.0. The third kappa shape index (κ3) is 2.86. The minimum absolute atomic E-state index is 0.487. The summed E-state index contributed by atoms with van der Waals surface area (Å²) in [6.45, 7) is 8.63. The molecule has 0 N–H and O–H groups in total. The number of rotatable bonds is 3. The second kappa shape index (κ2) is 6.32. The molecule has 23 heavy (non-hydrogen) atoms. The smallest absolute Gasteiger partial charge is 0.137 e. The predicted octanol–water partition coefficient (Wildman–Crippen LogP) is 6.25. The van der Waals surface area contributed by atoms with Gasteiger partial charge in [0, 0.05) is 27.3 Å². The molecule has 0 aliphatic heterocycles. The molecule has 0 amide bonds. The number of aromatic nitrogens is 2. The topological polar surface area (TPSA) is 17.8 Å². The maximum Gasteiger partial charge on any atom is 0.137 e. The van der Waals surface area contributed by atoms with E-state index in [1.807, 2.05) is 6.20 Å². The van der Waals surface area contributed by atoms with E-state index in [9.17, 15) is 0 Å². The van der Waals surface area contributed by atoms with Gasteiger partial charge in [-0.05, 0) is 49.6 Å². The number of pyridine rings is 1. The molecule has 0 unspecified atom stereocenters. The highest BCUT2D eigenvalue weighted by molar-refractivity contribution is 9.10. The molecule has 2 nitrogen and oxygen atoms in total. The number of allylic oxidation sites excluding steroid dienone is 1. The Balaban J connectivity index is 2.34. The van der Waals surface area contributed by atoms with Crippen LogP contribution >= 0.6 is 15.9 Å². The first-order valence-electron chi connectivity index (χ1n) is 7.92. The minimum atomic E-state index is 0.487. The molecule has 3 heteroatoms. The van der Waals surface area contributed by atoms with Crippen molar-refractivity contribution in [3.63, 3.8) is 0 Å². The summed E-state index contributed by atoms with van der Waals surface area (Å²) in [4.78, 5) is 4.63. The molecule has 0 bridgehead atoms. The number of benzene rings is 1. The van der Waals surface area contributed by atoms with Gasteiger partial charge in [-0.1, -0.05) is 48.0 Å². The molecule has 0 aliphatic rings. The van der Waals surface area contributed by atoms with E-state index in [4.69, 9.17) is 0 Å². The van der Waals surface area contributed by atoms with Crippen molar-refractivity contribution in [1.82, 2.24) is 9.55 Å². The fraction of sp³-hybridized carbons (Fsp3) is 0.250. The number of halogens is 1. The van der Waals surface area contributed by atoms with Crippen LogP contribution in [-0.2, 0) is 0 Å². The monoisotopic (exact) mass is 368 g/mol. The van der Waals surface area contributed by atoms with Crippen molar-refractivity contribution in [2.24, 2.45) is 0 Å². The van der Waals surface area contributed by atoms with Crippen LogP contribution in [0.5, 0.6) is 0 Å². The Kier molecular flexibility index (Phi) is 4.40. The Morgan fingerprint density at radius 2 is 1.96 bits per heavy atom. The summed E-state index contributed by atoms with van der Waals surface area (Å²) in [5.74, 6) is 1.47. The molecule has 1 aromatic carbocycles. The van der Waals surface area contributed by atoms with Crippen molar-refractivity contribution >= 4 is 32.9 Å². The maximum atomic E-state index is 4.63. The Labute approximate surface area is 146 Å². The lowest BCUT2D eigenvalue weighted by atomic mass is 10.1. The number of hydrogen-bond acceptors (Lipinski definition) is 1. The molecule has 2 aromatic heterocycles. The van der Waals surface area contributed by atoms with Crippen molar-refractivity contribution < 1.29 is 0 Å². The Morgan fingerprint density at radius 3 is 2.65 bits per heavy atom. The van der Waals surface area contributed by atoms with Crippen molar-refractivity contribution in [2.45, 2.75) is 33.6 Å². The van der Waals surface area contributed by atoms with E-state index in [0.29, 0.717) is 5.92 Å². The van der Waals surface area contributed by atoms with Gasteiger partial charge in [-0.15, -0.1) is 0 Å². The van der Waals surface area contributed by atoms with E-state index in [1.165, 1.54) is 27.7 Å². The van der Waals surface area contributed by atoms with Gasteiger partial charge in [0.05, 0.1) is 5.52 Å². The normalized spacial score (nSPS) is 11.9. The minimum Gasteiger partial charge on any atom is -0.298 e. The van der Waals surface area contributed by atoms with Crippen LogP contribution in [0.2, 0.25) is 0 Å². The third-order valence-electron chi connectivity index (χ3n) is 4.21. The highest BCUT2D eigenvalue weighted by Crippen LogP contribution is 2.32. The van der Waals surface area contributed by atoms with Gasteiger partial charge in [-0.25, -0.2) is 4.98 Å². The highest BCUT2D eigenvalue weighted by Gasteiger charge is 2.15. The van der Waals surface area contributed by atoms with Crippen LogP contribution in [0.4, 0.5) is 0 Å². The van der Waals surface area contributed by atoms with Crippen LogP contribution in [0.15, 0.2) is 47.1 Å². The summed E-state index contributed by atoms with van der Waals surface area (Å²) in [5, 5.41) is 1.25. The van der Waals surface area contributed by atoms with Crippen LogP contribution in [0, 0.1) is 6.92 Å². The van der Waals surface area contributed by atoms with Crippen LogP contribution in [0.3, 0.4) is 0 Å². The van der Waals surface area contributed by atoms with Crippen molar-refractivity contribution in [3.8, 4) is 5.82 Å². The number of nitrogens with zero attached hydrogens (tertiary/aromatic N) is 2. The lowest BCUT2D eigenvalue weighted by Crippen LogP contribution is -2.01. The zero-order chi connectivity index (χ0) is 16.6. The summed E-state index contributed by atoms with van der Waals surface area (Å²) in [5.41, 5.74) is 4.95. The van der Waals surface area contributed by atoms with Gasteiger partial charge in [0.2, 0.25) is 0 Å². The lowest BCUT2D eigenvalue weighted by Gasteiger charge is -2.11. The number of hydrogen-bond donors (Lipinski definition) is 0. The van der Waals surface area contributed by atoms with Crippen molar-refractivity contribution in [3.05, 3.63) is 63.9 Å². The summed E-state index contributed by atoms with van der Waals surface area (Å²) in [7, 11) is 0. The zero-order valence-corrected chi connectivity index (χ0v) is 15.6. The summed E-state index contributed by atoms with van der Waals surface area (Å²) < 4.78 is 3.33. The quantitative estimate of drug-likeness (QED) is 0.533.